The summed E-state index contributed by atoms with van der Waals surface area (Å²) in [6.07, 6.45) is -3.11. The Kier molecular flexibility index (Phi) is 7.95. The fourth-order valence-electron chi connectivity index (χ4n) is 5.29. The molecule has 3 heterocycles. The van der Waals surface area contributed by atoms with Crippen molar-refractivity contribution in [2.45, 2.75) is 57.9 Å². The number of aromatic nitrogens is 2. The average molecular weight is 603 g/mol. The van der Waals surface area contributed by atoms with Crippen molar-refractivity contribution >= 4 is 34.4 Å². The molecule has 4 aromatic rings. The van der Waals surface area contributed by atoms with Crippen LogP contribution in [0.4, 0.5) is 18.9 Å². The number of benzene rings is 2. The number of rotatable bonds is 6. The first-order valence-corrected chi connectivity index (χ1v) is 13.9. The third-order valence-electron chi connectivity index (χ3n) is 7.57. The van der Waals surface area contributed by atoms with E-state index < -0.39 is 23.2 Å². The number of aliphatic hydroxyl groups is 1. The van der Waals surface area contributed by atoms with E-state index >= 15 is 0 Å². The Hall–Kier alpha value is -3.67. The number of halogens is 4. The van der Waals surface area contributed by atoms with E-state index in [0.29, 0.717) is 22.4 Å². The minimum absolute atomic E-state index is 0.0102. The Morgan fingerprint density at radius 2 is 1.79 bits per heavy atom. The number of nitrogens with zero attached hydrogens (tertiary/aromatic N) is 2. The number of oxazole rings is 1. The molecule has 222 valence electrons. The predicted octanol–water partition coefficient (Wildman–Crippen LogP) is 5.97. The van der Waals surface area contributed by atoms with Crippen LogP contribution in [-0.2, 0) is 23.1 Å². The molecule has 2 aromatic heterocycles. The van der Waals surface area contributed by atoms with Gasteiger partial charge in [0.1, 0.15) is 6.54 Å². The molecule has 12 heteroatoms. The van der Waals surface area contributed by atoms with Crippen molar-refractivity contribution < 1.29 is 27.5 Å². The van der Waals surface area contributed by atoms with Gasteiger partial charge in [0.15, 0.2) is 5.65 Å². The SMILES string of the molecule is Cc1c(C2CCNCC2)c(=O)c2oc(-c3ccc(C(C)(C)O)cc3)nc2n1CC(=O)Nc1ccc(C(F)(F)F)cc1Cl. The van der Waals surface area contributed by atoms with Crippen LogP contribution in [-0.4, -0.2) is 33.7 Å². The lowest BCUT2D eigenvalue weighted by molar-refractivity contribution is -0.137. The normalized spacial score (nSPS) is 14.9. The molecule has 42 heavy (non-hydrogen) atoms. The summed E-state index contributed by atoms with van der Waals surface area (Å²) >= 11 is 6.05. The highest BCUT2D eigenvalue weighted by molar-refractivity contribution is 6.33. The molecule has 0 bridgehead atoms. The number of pyridine rings is 1. The Balaban J connectivity index is 1.55. The van der Waals surface area contributed by atoms with E-state index in [1.54, 1.807) is 49.6 Å². The van der Waals surface area contributed by atoms with Gasteiger partial charge in [-0.1, -0.05) is 23.7 Å². The molecule has 3 N–H and O–H groups in total. The molecule has 0 radical (unpaired) electrons. The Morgan fingerprint density at radius 3 is 2.38 bits per heavy atom. The molecular weight excluding hydrogens is 573 g/mol. The number of hydrogen-bond acceptors (Lipinski definition) is 6. The van der Waals surface area contributed by atoms with Crippen LogP contribution < -0.4 is 16.1 Å². The lowest BCUT2D eigenvalue weighted by Gasteiger charge is -2.25. The molecule has 1 fully saturated rings. The maximum atomic E-state index is 13.8. The first-order valence-electron chi connectivity index (χ1n) is 13.5. The monoisotopic (exact) mass is 602 g/mol. The minimum atomic E-state index is -4.57. The number of amides is 1. The van der Waals surface area contributed by atoms with Crippen molar-refractivity contribution in [2.75, 3.05) is 18.4 Å². The second-order valence-corrected chi connectivity index (χ2v) is 11.4. The smallest absolute Gasteiger partial charge is 0.416 e. The summed E-state index contributed by atoms with van der Waals surface area (Å²) in [5.74, 6) is -0.451. The molecule has 0 spiro atoms. The van der Waals surface area contributed by atoms with Crippen molar-refractivity contribution in [3.63, 3.8) is 0 Å². The summed E-state index contributed by atoms with van der Waals surface area (Å²) < 4.78 is 46.8. The molecular formula is C30H30ClF3N4O4. The van der Waals surface area contributed by atoms with Crippen LogP contribution in [0.3, 0.4) is 0 Å². The highest BCUT2D eigenvalue weighted by atomic mass is 35.5. The Bertz CT molecular complexity index is 1700. The second kappa shape index (κ2) is 11.2. The van der Waals surface area contributed by atoms with Gasteiger partial charge in [-0.3, -0.25) is 9.59 Å². The van der Waals surface area contributed by atoms with E-state index in [1.165, 1.54) is 0 Å². The molecule has 5 rings (SSSR count). The third-order valence-corrected chi connectivity index (χ3v) is 7.88. The number of hydrogen-bond donors (Lipinski definition) is 3. The molecule has 1 aliphatic heterocycles. The number of piperidine rings is 1. The van der Waals surface area contributed by atoms with Gasteiger partial charge in [0.25, 0.3) is 0 Å². The largest absolute Gasteiger partial charge is 0.430 e. The molecule has 0 saturated carbocycles. The van der Waals surface area contributed by atoms with Crippen molar-refractivity contribution in [3.05, 3.63) is 80.1 Å². The van der Waals surface area contributed by atoms with Crippen LogP contribution in [0.5, 0.6) is 0 Å². The van der Waals surface area contributed by atoms with Gasteiger partial charge in [0.2, 0.25) is 22.8 Å². The number of carbonyl (C=O) groups is 1. The summed E-state index contributed by atoms with van der Waals surface area (Å²) in [7, 11) is 0. The van der Waals surface area contributed by atoms with Gasteiger partial charge >= 0.3 is 6.18 Å². The molecule has 8 nitrogen and oxygen atoms in total. The molecule has 0 unspecified atom stereocenters. The van der Waals surface area contributed by atoms with E-state index in [-0.39, 0.29) is 45.7 Å². The molecule has 0 aliphatic carbocycles. The first kappa shape index (κ1) is 29.8. The predicted molar refractivity (Wildman–Crippen MR) is 154 cm³/mol. The van der Waals surface area contributed by atoms with Crippen LogP contribution in [0.2, 0.25) is 5.02 Å². The lowest BCUT2D eigenvalue weighted by Crippen LogP contribution is -2.31. The van der Waals surface area contributed by atoms with Crippen LogP contribution >= 0.6 is 11.6 Å². The third kappa shape index (κ3) is 5.95. The van der Waals surface area contributed by atoms with Gasteiger partial charge in [-0.2, -0.15) is 18.2 Å². The molecule has 1 amide bonds. The number of alkyl halides is 3. The maximum absolute atomic E-state index is 13.8. The van der Waals surface area contributed by atoms with Gasteiger partial charge < -0.3 is 24.7 Å². The Morgan fingerprint density at radius 1 is 1.14 bits per heavy atom. The van der Waals surface area contributed by atoms with Gasteiger partial charge in [0, 0.05) is 16.8 Å². The molecule has 1 saturated heterocycles. The summed E-state index contributed by atoms with van der Waals surface area (Å²) in [4.78, 5) is 31.6. The van der Waals surface area contributed by atoms with Crippen molar-refractivity contribution in [2.24, 2.45) is 0 Å². The number of carbonyl (C=O) groups excluding carboxylic acids is 1. The maximum Gasteiger partial charge on any atom is 0.416 e. The van der Waals surface area contributed by atoms with E-state index in [1.807, 2.05) is 0 Å². The fourth-order valence-corrected chi connectivity index (χ4v) is 5.52. The van der Waals surface area contributed by atoms with Crippen molar-refractivity contribution in [1.82, 2.24) is 14.9 Å². The van der Waals surface area contributed by atoms with E-state index in [2.05, 4.69) is 15.6 Å². The van der Waals surface area contributed by atoms with Crippen LogP contribution in [0.25, 0.3) is 22.7 Å². The summed E-state index contributed by atoms with van der Waals surface area (Å²) in [6, 6.07) is 9.63. The summed E-state index contributed by atoms with van der Waals surface area (Å²) in [5, 5.41) is 15.9. The van der Waals surface area contributed by atoms with Gasteiger partial charge in [-0.05, 0) is 88.5 Å². The highest BCUT2D eigenvalue weighted by Gasteiger charge is 2.31. The van der Waals surface area contributed by atoms with Crippen LogP contribution in [0.1, 0.15) is 55.0 Å². The van der Waals surface area contributed by atoms with Gasteiger partial charge in [-0.25, -0.2) is 0 Å². The number of nitrogens with one attached hydrogen (secondary N) is 2. The van der Waals surface area contributed by atoms with Crippen molar-refractivity contribution in [1.29, 1.82) is 0 Å². The topological polar surface area (TPSA) is 109 Å². The Labute approximate surface area is 244 Å². The zero-order chi connectivity index (χ0) is 30.4. The summed E-state index contributed by atoms with van der Waals surface area (Å²) in [5.41, 5.74) is 0.309. The zero-order valence-electron chi connectivity index (χ0n) is 23.2. The zero-order valence-corrected chi connectivity index (χ0v) is 24.0. The van der Waals surface area contributed by atoms with Crippen LogP contribution in [0.15, 0.2) is 51.7 Å². The highest BCUT2D eigenvalue weighted by Crippen LogP contribution is 2.34. The fraction of sp³-hybridized carbons (Fsp3) is 0.367. The van der Waals surface area contributed by atoms with Gasteiger partial charge in [-0.15, -0.1) is 0 Å². The second-order valence-electron chi connectivity index (χ2n) is 11.0. The average Bonchev–Trinajstić information content (AvgIpc) is 3.38. The van der Waals surface area contributed by atoms with Gasteiger partial charge in [0.05, 0.1) is 21.9 Å². The molecule has 1 aliphatic rings. The summed E-state index contributed by atoms with van der Waals surface area (Å²) in [6.45, 7) is 6.28. The quantitative estimate of drug-likeness (QED) is 0.251. The van der Waals surface area contributed by atoms with Crippen molar-refractivity contribution in [3.8, 4) is 11.5 Å². The lowest BCUT2D eigenvalue weighted by atomic mass is 9.88. The molecule has 0 atom stereocenters. The van der Waals surface area contributed by atoms with Crippen LogP contribution in [0, 0.1) is 6.92 Å². The minimum Gasteiger partial charge on any atom is -0.430 e. The van der Waals surface area contributed by atoms with E-state index in [9.17, 15) is 27.9 Å². The number of anilines is 1. The van der Waals surface area contributed by atoms with E-state index in [0.717, 1.165) is 44.1 Å². The molecule has 2 aromatic carbocycles. The standard InChI is InChI=1S/C30H30ClF3N4O4/c1-16-24(17-10-12-35-13-11-17)25(40)26-27(37-28(42-26)18-4-6-19(7-5-18)29(2,3)41)38(16)15-23(39)36-22-9-8-20(14-21(22)31)30(32,33)34/h4-9,14,17,35,41H,10-13,15H2,1-3H3,(H,36,39). The van der Waals surface area contributed by atoms with E-state index in [4.69, 9.17) is 16.0 Å². The first-order chi connectivity index (χ1) is 19.7. The number of fused-ring (bicyclic) bond motifs is 1.